The van der Waals surface area contributed by atoms with Gasteiger partial charge in [-0.05, 0) is 49.6 Å². The van der Waals surface area contributed by atoms with Crippen LogP contribution in [0.15, 0.2) is 64.7 Å². The molecule has 1 heterocycles. The molecule has 0 aliphatic carbocycles. The van der Waals surface area contributed by atoms with Gasteiger partial charge in [0.15, 0.2) is 0 Å². The van der Waals surface area contributed by atoms with Crippen molar-refractivity contribution in [1.29, 1.82) is 0 Å². The average molecular weight is 333 g/mol. The lowest BCUT2D eigenvalue weighted by atomic mass is 9.89. The van der Waals surface area contributed by atoms with Gasteiger partial charge in [-0.15, -0.1) is 0 Å². The average Bonchev–Trinajstić information content (AvgIpc) is 2.61. The molecule has 0 radical (unpaired) electrons. The monoisotopic (exact) mass is 333 g/mol. The molecule has 0 bridgehead atoms. The number of benzene rings is 2. The molecule has 25 heavy (non-hydrogen) atoms. The summed E-state index contributed by atoms with van der Waals surface area (Å²) in [5.41, 5.74) is 6.48. The topological polar surface area (TPSA) is 46.0 Å². The molecule has 2 aromatic rings. The van der Waals surface area contributed by atoms with Gasteiger partial charge in [0, 0.05) is 11.8 Å². The second-order valence-electron chi connectivity index (χ2n) is 6.63. The first kappa shape index (κ1) is 17.0. The number of allylic oxidation sites excluding steroid dienone is 1. The molecular weight excluding hydrogens is 310 g/mol. The Morgan fingerprint density at radius 3 is 2.64 bits per heavy atom. The van der Waals surface area contributed by atoms with E-state index >= 15 is 0 Å². The Bertz CT molecular complexity index is 817. The van der Waals surface area contributed by atoms with E-state index in [9.17, 15) is 0 Å². The van der Waals surface area contributed by atoms with Crippen LogP contribution in [0.4, 0.5) is 0 Å². The molecule has 4 heteroatoms. The molecule has 0 atom stereocenters. The number of hydrogen-bond acceptors (Lipinski definition) is 4. The zero-order chi connectivity index (χ0) is 17.7. The summed E-state index contributed by atoms with van der Waals surface area (Å²) in [5.74, 6) is 1.67. The Morgan fingerprint density at radius 1 is 1.12 bits per heavy atom. The standard InChI is InChI=1S/C21H23N3O/c1-21(2)15-17-8-4-5-9-19(17)20(23-21)24-22-14-6-7-16-10-12-18(25-3)13-11-16/h4-14H,15H2,1-3H3,(H,23,24). The third kappa shape index (κ3) is 4.35. The molecule has 3 rings (SSSR count). The van der Waals surface area contributed by atoms with E-state index in [1.54, 1.807) is 13.3 Å². The van der Waals surface area contributed by atoms with Crippen molar-refractivity contribution in [3.05, 3.63) is 71.3 Å². The van der Waals surface area contributed by atoms with Crippen LogP contribution in [-0.2, 0) is 6.42 Å². The van der Waals surface area contributed by atoms with E-state index in [1.807, 2.05) is 42.5 Å². The molecule has 0 saturated heterocycles. The molecule has 1 aliphatic rings. The number of rotatable bonds is 4. The third-order valence-electron chi connectivity index (χ3n) is 4.05. The van der Waals surface area contributed by atoms with Crippen molar-refractivity contribution >= 4 is 18.1 Å². The van der Waals surface area contributed by atoms with Crippen molar-refractivity contribution in [2.45, 2.75) is 25.8 Å². The number of fused-ring (bicyclic) bond motifs is 1. The fraction of sp³-hybridized carbons (Fsp3) is 0.238. The van der Waals surface area contributed by atoms with Gasteiger partial charge in [-0.3, -0.25) is 10.4 Å². The molecule has 0 saturated carbocycles. The van der Waals surface area contributed by atoms with Crippen LogP contribution < -0.4 is 10.2 Å². The normalized spacial score (nSPS) is 15.9. The van der Waals surface area contributed by atoms with Crippen LogP contribution in [0.1, 0.15) is 30.5 Å². The molecule has 4 nitrogen and oxygen atoms in total. The second-order valence-corrected chi connectivity index (χ2v) is 6.63. The maximum absolute atomic E-state index is 5.15. The molecule has 0 unspecified atom stereocenters. The van der Waals surface area contributed by atoms with Crippen LogP contribution in [0.3, 0.4) is 0 Å². The van der Waals surface area contributed by atoms with E-state index in [1.165, 1.54) is 5.56 Å². The van der Waals surface area contributed by atoms with E-state index < -0.39 is 0 Å². The van der Waals surface area contributed by atoms with Crippen molar-refractivity contribution in [2.24, 2.45) is 10.1 Å². The van der Waals surface area contributed by atoms with Gasteiger partial charge in [-0.1, -0.05) is 42.5 Å². The Morgan fingerprint density at radius 2 is 1.88 bits per heavy atom. The molecule has 0 aromatic heterocycles. The fourth-order valence-electron chi connectivity index (χ4n) is 2.87. The summed E-state index contributed by atoms with van der Waals surface area (Å²) in [6, 6.07) is 16.2. The lowest BCUT2D eigenvalue weighted by Crippen LogP contribution is -2.34. The maximum atomic E-state index is 5.15. The van der Waals surface area contributed by atoms with Crippen LogP contribution in [0, 0.1) is 0 Å². The number of nitrogens with zero attached hydrogens (tertiary/aromatic N) is 2. The highest BCUT2D eigenvalue weighted by Crippen LogP contribution is 2.25. The first-order valence-electron chi connectivity index (χ1n) is 8.35. The van der Waals surface area contributed by atoms with Crippen molar-refractivity contribution in [2.75, 3.05) is 7.11 Å². The Balaban J connectivity index is 1.66. The molecule has 0 amide bonds. The largest absolute Gasteiger partial charge is 0.497 e. The van der Waals surface area contributed by atoms with Crippen molar-refractivity contribution < 1.29 is 4.74 Å². The van der Waals surface area contributed by atoms with Gasteiger partial charge in [0.05, 0.1) is 12.6 Å². The minimum absolute atomic E-state index is 0.120. The summed E-state index contributed by atoms with van der Waals surface area (Å²) in [4.78, 5) is 4.78. The third-order valence-corrected chi connectivity index (χ3v) is 4.05. The van der Waals surface area contributed by atoms with Gasteiger partial charge >= 0.3 is 0 Å². The molecule has 128 valence electrons. The van der Waals surface area contributed by atoms with E-state index in [2.05, 4.69) is 42.6 Å². The molecule has 0 fully saturated rings. The highest BCUT2D eigenvalue weighted by atomic mass is 16.5. The first-order chi connectivity index (χ1) is 12.1. The van der Waals surface area contributed by atoms with E-state index in [0.29, 0.717) is 0 Å². The number of amidine groups is 1. The summed E-state index contributed by atoms with van der Waals surface area (Å²) in [5, 5.41) is 4.29. The number of hydrazone groups is 1. The van der Waals surface area contributed by atoms with Crippen molar-refractivity contribution in [1.82, 2.24) is 5.43 Å². The molecular formula is C21H23N3O. The zero-order valence-corrected chi connectivity index (χ0v) is 14.9. The van der Waals surface area contributed by atoms with Gasteiger partial charge < -0.3 is 4.74 Å². The van der Waals surface area contributed by atoms with Crippen molar-refractivity contribution in [3.63, 3.8) is 0 Å². The number of methoxy groups -OCH3 is 1. The first-order valence-corrected chi connectivity index (χ1v) is 8.35. The smallest absolute Gasteiger partial charge is 0.149 e. The summed E-state index contributed by atoms with van der Waals surface area (Å²) in [6.07, 6.45) is 6.56. The van der Waals surface area contributed by atoms with Crippen LogP contribution in [-0.4, -0.2) is 24.7 Å². The van der Waals surface area contributed by atoms with Gasteiger partial charge in [0.1, 0.15) is 11.6 Å². The summed E-state index contributed by atoms with van der Waals surface area (Å²) in [6.45, 7) is 4.27. The van der Waals surface area contributed by atoms with Crippen molar-refractivity contribution in [3.8, 4) is 5.75 Å². The van der Waals surface area contributed by atoms with Crippen LogP contribution in [0.25, 0.3) is 6.08 Å². The number of nitrogens with one attached hydrogen (secondary N) is 1. The highest BCUT2D eigenvalue weighted by molar-refractivity contribution is 6.01. The summed E-state index contributed by atoms with van der Waals surface area (Å²) < 4.78 is 5.15. The minimum Gasteiger partial charge on any atom is -0.497 e. The number of aliphatic imine (C=N–C) groups is 1. The van der Waals surface area contributed by atoms with Gasteiger partial charge in [-0.2, -0.15) is 5.10 Å². The lowest BCUT2D eigenvalue weighted by molar-refractivity contribution is 0.415. The Kier molecular flexibility index (Phi) is 4.98. The van der Waals surface area contributed by atoms with E-state index in [0.717, 1.165) is 29.1 Å². The highest BCUT2D eigenvalue weighted by Gasteiger charge is 2.26. The fourth-order valence-corrected chi connectivity index (χ4v) is 2.87. The predicted octanol–water partition coefficient (Wildman–Crippen LogP) is 4.07. The molecule has 0 spiro atoms. The van der Waals surface area contributed by atoms with E-state index in [4.69, 9.17) is 9.73 Å². The van der Waals surface area contributed by atoms with Gasteiger partial charge in [-0.25, -0.2) is 0 Å². The lowest BCUT2D eigenvalue weighted by Gasteiger charge is -2.28. The second kappa shape index (κ2) is 7.34. The maximum Gasteiger partial charge on any atom is 0.149 e. The predicted molar refractivity (Wildman–Crippen MR) is 104 cm³/mol. The summed E-state index contributed by atoms with van der Waals surface area (Å²) >= 11 is 0. The van der Waals surface area contributed by atoms with Crippen LogP contribution >= 0.6 is 0 Å². The van der Waals surface area contributed by atoms with Crippen LogP contribution in [0.5, 0.6) is 5.75 Å². The molecule has 1 aliphatic heterocycles. The quantitative estimate of drug-likeness (QED) is 0.677. The van der Waals surface area contributed by atoms with Gasteiger partial charge in [0.25, 0.3) is 0 Å². The molecule has 2 aromatic carbocycles. The zero-order valence-electron chi connectivity index (χ0n) is 14.9. The molecule has 1 N–H and O–H groups in total. The Hall–Kier alpha value is -2.88. The minimum atomic E-state index is -0.120. The van der Waals surface area contributed by atoms with Crippen LogP contribution in [0.2, 0.25) is 0 Å². The number of hydrogen-bond donors (Lipinski definition) is 1. The SMILES string of the molecule is COc1ccc(C=CC=NNC2=NC(C)(C)Cc3ccccc32)cc1. The van der Waals surface area contributed by atoms with E-state index in [-0.39, 0.29) is 5.54 Å². The Labute approximate surface area is 149 Å². The summed E-state index contributed by atoms with van der Waals surface area (Å²) in [7, 11) is 1.66. The number of ether oxygens (including phenoxy) is 1. The van der Waals surface area contributed by atoms with Gasteiger partial charge in [0.2, 0.25) is 0 Å².